The summed E-state index contributed by atoms with van der Waals surface area (Å²) in [7, 11) is 0. The number of carbonyl (C=O) groups is 1. The van der Waals surface area contributed by atoms with Gasteiger partial charge in [-0.1, -0.05) is 24.2 Å². The highest BCUT2D eigenvalue weighted by atomic mass is 35.5. The predicted octanol–water partition coefficient (Wildman–Crippen LogP) is 5.27. The first-order valence-electron chi connectivity index (χ1n) is 13.5. The van der Waals surface area contributed by atoms with E-state index < -0.39 is 28.9 Å². The summed E-state index contributed by atoms with van der Waals surface area (Å²) in [4.78, 5) is 26.4. The Hall–Kier alpha value is -3.64. The second-order valence-corrected chi connectivity index (χ2v) is 11.1. The molecule has 2 fully saturated rings. The molecule has 1 N–H and O–H groups in total. The van der Waals surface area contributed by atoms with E-state index in [0.29, 0.717) is 31.9 Å². The molecule has 1 amide bonds. The van der Waals surface area contributed by atoms with Gasteiger partial charge in [0.15, 0.2) is 5.82 Å². The fraction of sp³-hybridized carbons (Fsp3) is 0.414. The zero-order valence-corrected chi connectivity index (χ0v) is 23.8. The van der Waals surface area contributed by atoms with Crippen LogP contribution in [0.3, 0.4) is 0 Å². The number of halogens is 5. The fourth-order valence-corrected chi connectivity index (χ4v) is 5.78. The minimum absolute atomic E-state index is 0.0801. The van der Waals surface area contributed by atoms with E-state index in [1.165, 1.54) is 24.3 Å². The molecule has 5 rings (SSSR count). The smallest absolute Gasteiger partial charge is 0.319 e. The zero-order valence-electron chi connectivity index (χ0n) is 23.1. The molecular weight excluding hydrogens is 578 g/mol. The highest BCUT2D eigenvalue weighted by Gasteiger charge is 2.43. The van der Waals surface area contributed by atoms with Crippen molar-refractivity contribution in [2.45, 2.75) is 38.3 Å². The second-order valence-electron chi connectivity index (χ2n) is 10.7. The number of alkyl halides is 2. The topological polar surface area (TPSA) is 82.0 Å². The number of ether oxygens (including phenoxy) is 1. The molecule has 42 heavy (non-hydrogen) atoms. The number of hydrogen-bond donors (Lipinski definition) is 1. The standard InChI is InChI=1S/C29H30ClF4N5O3/c1-4-22(41)38-12-17(3)39(13-16(38)2)27-18-11-19(30)23(24-20(31)7-5-8-21(24)40)25(32)26(18)35-28(36-27)42-10-6-9-37-14-29(33,34)15-37/h4-5,7-8,11,16-17,40H,1,6,9-10,12-15H2,2-3H3/t16-,17+/m1/s1. The van der Waals surface area contributed by atoms with Crippen molar-refractivity contribution >= 4 is 34.2 Å². The Morgan fingerprint density at radius 1 is 1.19 bits per heavy atom. The van der Waals surface area contributed by atoms with Crippen LogP contribution in [0.5, 0.6) is 11.8 Å². The maximum absolute atomic E-state index is 16.2. The molecule has 0 aliphatic carbocycles. The van der Waals surface area contributed by atoms with E-state index in [9.17, 15) is 23.1 Å². The number of fused-ring (bicyclic) bond motifs is 1. The summed E-state index contributed by atoms with van der Waals surface area (Å²) in [5.41, 5.74) is -0.977. The lowest BCUT2D eigenvalue weighted by molar-refractivity contribution is -0.131. The lowest BCUT2D eigenvalue weighted by Gasteiger charge is -2.44. The van der Waals surface area contributed by atoms with Crippen molar-refractivity contribution in [3.63, 3.8) is 0 Å². The quantitative estimate of drug-likeness (QED) is 0.212. The number of hydrogen-bond acceptors (Lipinski definition) is 7. The number of piperazine rings is 1. The van der Waals surface area contributed by atoms with Gasteiger partial charge >= 0.3 is 6.01 Å². The maximum Gasteiger partial charge on any atom is 0.319 e. The molecule has 0 unspecified atom stereocenters. The van der Waals surface area contributed by atoms with Gasteiger partial charge in [-0.2, -0.15) is 9.97 Å². The molecule has 2 aliphatic heterocycles. The number of phenolic OH excluding ortho intramolecular Hbond substituents is 1. The maximum atomic E-state index is 16.2. The van der Waals surface area contributed by atoms with Crippen LogP contribution >= 0.6 is 11.6 Å². The van der Waals surface area contributed by atoms with E-state index in [1.807, 2.05) is 18.7 Å². The van der Waals surface area contributed by atoms with Crippen LogP contribution in [0.25, 0.3) is 22.0 Å². The van der Waals surface area contributed by atoms with E-state index in [1.54, 1.807) is 9.80 Å². The molecule has 0 saturated carbocycles. The Kier molecular flexibility index (Phi) is 8.21. The fourth-order valence-electron chi connectivity index (χ4n) is 5.50. The average Bonchev–Trinajstić information content (AvgIpc) is 2.92. The molecule has 13 heteroatoms. The summed E-state index contributed by atoms with van der Waals surface area (Å²) in [5, 5.41) is 10.4. The molecule has 1 aromatic heterocycles. The Morgan fingerprint density at radius 3 is 2.60 bits per heavy atom. The van der Waals surface area contributed by atoms with Gasteiger partial charge in [-0.15, -0.1) is 0 Å². The van der Waals surface area contributed by atoms with Crippen LogP contribution in [0.4, 0.5) is 23.4 Å². The summed E-state index contributed by atoms with van der Waals surface area (Å²) < 4.78 is 63.1. The molecule has 2 aromatic carbocycles. The van der Waals surface area contributed by atoms with Gasteiger partial charge in [0.1, 0.15) is 22.9 Å². The second kappa shape index (κ2) is 11.6. The summed E-state index contributed by atoms with van der Waals surface area (Å²) in [6.07, 6.45) is 1.65. The van der Waals surface area contributed by atoms with Gasteiger partial charge in [0.2, 0.25) is 5.91 Å². The first kappa shape index (κ1) is 29.8. The average molecular weight is 608 g/mol. The van der Waals surface area contributed by atoms with Gasteiger partial charge in [-0.3, -0.25) is 9.69 Å². The number of rotatable bonds is 8. The molecular formula is C29H30ClF4N5O3. The molecule has 2 saturated heterocycles. The largest absolute Gasteiger partial charge is 0.507 e. The Morgan fingerprint density at radius 2 is 1.93 bits per heavy atom. The zero-order chi connectivity index (χ0) is 30.3. The number of amides is 1. The third kappa shape index (κ3) is 5.69. The lowest BCUT2D eigenvalue weighted by Crippen LogP contribution is -2.58. The van der Waals surface area contributed by atoms with Gasteiger partial charge < -0.3 is 19.6 Å². The van der Waals surface area contributed by atoms with Gasteiger partial charge in [-0.25, -0.2) is 17.6 Å². The molecule has 8 nitrogen and oxygen atoms in total. The SMILES string of the molecule is C=CC(=O)N1C[C@H](C)N(c2nc(OCCCN3CC(F)(F)C3)nc3c(F)c(-c4c(O)cccc4F)c(Cl)cc23)C[C@H]1C. The first-order chi connectivity index (χ1) is 19.9. The van der Waals surface area contributed by atoms with Crippen molar-refractivity contribution in [1.29, 1.82) is 0 Å². The lowest BCUT2D eigenvalue weighted by atomic mass is 10.0. The third-order valence-corrected chi connectivity index (χ3v) is 7.86. The molecule has 0 spiro atoms. The first-order valence-corrected chi connectivity index (χ1v) is 13.9. The number of carbonyl (C=O) groups excluding carboxylic acids is 1. The van der Waals surface area contributed by atoms with Crippen LogP contribution < -0.4 is 9.64 Å². The van der Waals surface area contributed by atoms with E-state index in [0.717, 1.165) is 6.07 Å². The number of likely N-dealkylation sites (tertiary alicyclic amines) is 1. The number of anilines is 1. The summed E-state index contributed by atoms with van der Waals surface area (Å²) in [5.74, 6) is -4.93. The van der Waals surface area contributed by atoms with Crippen LogP contribution in [0, 0.1) is 11.6 Å². The van der Waals surface area contributed by atoms with Crippen LogP contribution in [0.2, 0.25) is 5.02 Å². The number of benzene rings is 2. The minimum Gasteiger partial charge on any atom is -0.507 e. The van der Waals surface area contributed by atoms with E-state index in [4.69, 9.17) is 16.3 Å². The van der Waals surface area contributed by atoms with E-state index >= 15 is 4.39 Å². The highest BCUT2D eigenvalue weighted by Crippen LogP contribution is 2.43. The number of nitrogens with zero attached hydrogens (tertiary/aromatic N) is 5. The highest BCUT2D eigenvalue weighted by molar-refractivity contribution is 6.34. The molecule has 2 aliphatic rings. The number of aromatic hydroxyl groups is 1. The van der Waals surface area contributed by atoms with E-state index in [-0.39, 0.29) is 65.2 Å². The molecule has 2 atom stereocenters. The van der Waals surface area contributed by atoms with Crippen LogP contribution in [-0.2, 0) is 4.79 Å². The molecule has 0 bridgehead atoms. The van der Waals surface area contributed by atoms with Crippen LogP contribution in [0.1, 0.15) is 20.3 Å². The minimum atomic E-state index is -2.67. The Balaban J connectivity index is 1.54. The van der Waals surface area contributed by atoms with Gasteiger partial charge in [-0.05, 0) is 44.5 Å². The summed E-state index contributed by atoms with van der Waals surface area (Å²) in [6.45, 7) is 7.84. The Bertz CT molecular complexity index is 1510. The van der Waals surface area contributed by atoms with Crippen molar-refractivity contribution in [3.8, 4) is 22.9 Å². The molecule has 224 valence electrons. The number of aromatic nitrogens is 2. The molecule has 3 aromatic rings. The van der Waals surface area contributed by atoms with Gasteiger partial charge in [0.05, 0.1) is 30.3 Å². The van der Waals surface area contributed by atoms with Crippen LogP contribution in [-0.4, -0.2) is 88.1 Å². The normalized spacial score (nSPS) is 20.5. The van der Waals surface area contributed by atoms with Gasteiger partial charge in [0.25, 0.3) is 5.92 Å². The summed E-state index contributed by atoms with van der Waals surface area (Å²) >= 11 is 6.51. The Labute approximate surface area is 245 Å². The van der Waals surface area contributed by atoms with Crippen molar-refractivity contribution in [3.05, 3.63) is 53.6 Å². The van der Waals surface area contributed by atoms with Gasteiger partial charge in [0, 0.05) is 42.7 Å². The summed E-state index contributed by atoms with van der Waals surface area (Å²) in [6, 6.07) is 4.33. The van der Waals surface area contributed by atoms with Crippen molar-refractivity contribution in [2.24, 2.45) is 0 Å². The molecule has 3 heterocycles. The van der Waals surface area contributed by atoms with Crippen molar-refractivity contribution < 1.29 is 32.2 Å². The molecule has 0 radical (unpaired) electrons. The van der Waals surface area contributed by atoms with Crippen molar-refractivity contribution in [1.82, 2.24) is 19.8 Å². The van der Waals surface area contributed by atoms with Crippen molar-refractivity contribution in [2.75, 3.05) is 44.2 Å². The predicted molar refractivity (Wildman–Crippen MR) is 151 cm³/mol. The third-order valence-electron chi connectivity index (χ3n) is 7.56. The monoisotopic (exact) mass is 607 g/mol. The van der Waals surface area contributed by atoms with E-state index in [2.05, 4.69) is 16.5 Å². The number of phenols is 1. The van der Waals surface area contributed by atoms with Crippen LogP contribution in [0.15, 0.2) is 36.9 Å².